The van der Waals surface area contributed by atoms with Crippen molar-refractivity contribution in [1.82, 2.24) is 14.5 Å². The van der Waals surface area contributed by atoms with Crippen LogP contribution in [0, 0.1) is 13.8 Å². The molecular weight excluding hydrogens is 334 g/mol. The number of carbonyl (C=O) groups is 1. The number of piperidine rings is 1. The molecule has 1 aliphatic rings. The molecule has 1 fully saturated rings. The molecule has 1 aromatic heterocycles. The van der Waals surface area contributed by atoms with Gasteiger partial charge in [0, 0.05) is 38.3 Å². The normalized spacial score (nSPS) is 15.6. The molecule has 1 amide bonds. The van der Waals surface area contributed by atoms with Crippen LogP contribution in [0.4, 0.5) is 0 Å². The first-order chi connectivity index (χ1) is 12.1. The van der Waals surface area contributed by atoms with Crippen molar-refractivity contribution in [3.05, 3.63) is 41.7 Å². The second-order valence-electron chi connectivity index (χ2n) is 6.53. The van der Waals surface area contributed by atoms with Crippen molar-refractivity contribution in [2.75, 3.05) is 26.0 Å². The first-order valence-corrected chi connectivity index (χ1v) is 9.61. The molecule has 2 heterocycles. The Morgan fingerprint density at radius 1 is 1.24 bits per heavy atom. The van der Waals surface area contributed by atoms with Crippen LogP contribution in [0.3, 0.4) is 0 Å². The number of methoxy groups -OCH3 is 1. The van der Waals surface area contributed by atoms with Crippen LogP contribution in [0.5, 0.6) is 0 Å². The molecule has 2 aromatic rings. The number of aromatic nitrogens is 2. The fraction of sp³-hybridized carbons (Fsp3) is 0.474. The van der Waals surface area contributed by atoms with Gasteiger partial charge in [0.15, 0.2) is 5.16 Å². The van der Waals surface area contributed by atoms with E-state index in [2.05, 4.69) is 41.6 Å². The molecule has 1 aromatic carbocycles. The first-order valence-electron chi connectivity index (χ1n) is 8.62. The van der Waals surface area contributed by atoms with Crippen molar-refractivity contribution < 1.29 is 9.53 Å². The van der Waals surface area contributed by atoms with Crippen molar-refractivity contribution >= 4 is 17.7 Å². The molecule has 0 radical (unpaired) electrons. The minimum Gasteiger partial charge on any atom is -0.381 e. The van der Waals surface area contributed by atoms with E-state index in [4.69, 9.17) is 4.74 Å². The number of aryl methyl sites for hydroxylation is 2. The largest absolute Gasteiger partial charge is 0.381 e. The fourth-order valence-electron chi connectivity index (χ4n) is 3.24. The number of hydrogen-bond acceptors (Lipinski definition) is 4. The van der Waals surface area contributed by atoms with E-state index in [1.54, 1.807) is 13.3 Å². The quantitative estimate of drug-likeness (QED) is 0.769. The van der Waals surface area contributed by atoms with Crippen LogP contribution in [0.1, 0.15) is 24.0 Å². The molecule has 0 N–H and O–H groups in total. The number of carbonyl (C=O) groups excluding carboxylic acids is 1. The van der Waals surface area contributed by atoms with Gasteiger partial charge in [0.05, 0.1) is 11.9 Å². The molecule has 0 unspecified atom stereocenters. The summed E-state index contributed by atoms with van der Waals surface area (Å²) in [6, 6.07) is 6.42. The minimum atomic E-state index is 0.175. The highest BCUT2D eigenvalue weighted by molar-refractivity contribution is 7.99. The highest BCUT2D eigenvalue weighted by Gasteiger charge is 2.22. The highest BCUT2D eigenvalue weighted by atomic mass is 32.2. The van der Waals surface area contributed by atoms with Crippen molar-refractivity contribution in [3.63, 3.8) is 0 Å². The summed E-state index contributed by atoms with van der Waals surface area (Å²) in [5.74, 6) is 0.592. The van der Waals surface area contributed by atoms with Crippen molar-refractivity contribution in [1.29, 1.82) is 0 Å². The molecule has 25 heavy (non-hydrogen) atoms. The fourth-order valence-corrected chi connectivity index (χ4v) is 4.12. The van der Waals surface area contributed by atoms with Gasteiger partial charge < -0.3 is 9.64 Å². The number of amides is 1. The van der Waals surface area contributed by atoms with E-state index in [1.807, 2.05) is 11.1 Å². The summed E-state index contributed by atoms with van der Waals surface area (Å²) in [7, 11) is 1.74. The smallest absolute Gasteiger partial charge is 0.233 e. The maximum atomic E-state index is 12.5. The molecule has 0 bridgehead atoms. The summed E-state index contributed by atoms with van der Waals surface area (Å²) in [5, 5.41) is 0.852. The molecule has 0 atom stereocenters. The zero-order chi connectivity index (χ0) is 17.8. The number of rotatable bonds is 5. The Kier molecular flexibility index (Phi) is 5.81. The Hall–Kier alpha value is -1.79. The average Bonchev–Trinajstić information content (AvgIpc) is 3.07. The number of hydrogen-bond donors (Lipinski definition) is 0. The Morgan fingerprint density at radius 2 is 1.92 bits per heavy atom. The number of nitrogens with zero attached hydrogens (tertiary/aromatic N) is 3. The minimum absolute atomic E-state index is 0.175. The van der Waals surface area contributed by atoms with Gasteiger partial charge in [-0.15, -0.1) is 0 Å². The number of benzene rings is 1. The molecule has 1 aliphatic heterocycles. The van der Waals surface area contributed by atoms with Crippen molar-refractivity contribution in [2.45, 2.75) is 37.9 Å². The van der Waals surface area contributed by atoms with Gasteiger partial charge in [-0.2, -0.15) is 0 Å². The Morgan fingerprint density at radius 3 is 2.56 bits per heavy atom. The topological polar surface area (TPSA) is 47.4 Å². The number of imidazole rings is 1. The number of thioether (sulfide) groups is 1. The third-order valence-electron chi connectivity index (χ3n) is 4.54. The summed E-state index contributed by atoms with van der Waals surface area (Å²) in [6.07, 6.45) is 5.87. The van der Waals surface area contributed by atoms with Gasteiger partial charge >= 0.3 is 0 Å². The lowest BCUT2D eigenvalue weighted by atomic mass is 10.1. The van der Waals surface area contributed by atoms with Crippen LogP contribution in [-0.4, -0.2) is 52.4 Å². The predicted molar refractivity (Wildman–Crippen MR) is 100 cm³/mol. The standard InChI is InChI=1S/C19H25N3O2S/c1-14-10-15(2)12-16(11-14)22-9-6-20-19(22)25-13-18(23)21-7-4-17(24-3)5-8-21/h6,9-12,17H,4-5,7-8,13H2,1-3H3. The van der Waals surface area contributed by atoms with Gasteiger partial charge in [0.25, 0.3) is 0 Å². The van der Waals surface area contributed by atoms with Crippen LogP contribution in [0.15, 0.2) is 35.7 Å². The van der Waals surface area contributed by atoms with Gasteiger partial charge in [0.1, 0.15) is 0 Å². The maximum Gasteiger partial charge on any atom is 0.233 e. The van der Waals surface area contributed by atoms with Gasteiger partial charge in [-0.1, -0.05) is 17.8 Å². The summed E-state index contributed by atoms with van der Waals surface area (Å²) in [6.45, 7) is 5.74. The second kappa shape index (κ2) is 8.06. The molecule has 0 aliphatic carbocycles. The Bertz CT molecular complexity index is 716. The van der Waals surface area contributed by atoms with E-state index in [1.165, 1.54) is 22.9 Å². The Labute approximate surface area is 153 Å². The van der Waals surface area contributed by atoms with Crippen LogP contribution in [-0.2, 0) is 9.53 Å². The molecule has 0 spiro atoms. The Balaban J connectivity index is 1.63. The second-order valence-corrected chi connectivity index (χ2v) is 7.47. The van der Waals surface area contributed by atoms with Crippen molar-refractivity contribution in [3.8, 4) is 5.69 Å². The van der Waals surface area contributed by atoms with E-state index in [-0.39, 0.29) is 5.91 Å². The van der Waals surface area contributed by atoms with Crippen LogP contribution in [0.2, 0.25) is 0 Å². The van der Waals surface area contributed by atoms with E-state index in [9.17, 15) is 4.79 Å². The van der Waals surface area contributed by atoms with Crippen molar-refractivity contribution in [2.24, 2.45) is 0 Å². The van der Waals surface area contributed by atoms with Crippen LogP contribution < -0.4 is 0 Å². The summed E-state index contributed by atoms with van der Waals surface area (Å²) in [5.41, 5.74) is 3.53. The zero-order valence-corrected chi connectivity index (χ0v) is 15.9. The van der Waals surface area contributed by atoms with E-state index < -0.39 is 0 Å². The molecule has 1 saturated heterocycles. The summed E-state index contributed by atoms with van der Waals surface area (Å²) in [4.78, 5) is 18.8. The molecule has 5 nitrogen and oxygen atoms in total. The lowest BCUT2D eigenvalue weighted by molar-refractivity contribution is -0.130. The van der Waals surface area contributed by atoms with E-state index in [0.717, 1.165) is 36.8 Å². The number of likely N-dealkylation sites (tertiary alicyclic amines) is 1. The van der Waals surface area contributed by atoms with Gasteiger partial charge in [-0.3, -0.25) is 9.36 Å². The monoisotopic (exact) mass is 359 g/mol. The van der Waals surface area contributed by atoms with Gasteiger partial charge in [-0.25, -0.2) is 4.98 Å². The molecular formula is C19H25N3O2S. The first kappa shape index (κ1) is 18.0. The molecule has 6 heteroatoms. The molecule has 3 rings (SSSR count). The third-order valence-corrected chi connectivity index (χ3v) is 5.50. The predicted octanol–water partition coefficient (Wildman–Crippen LogP) is 3.22. The molecule has 0 saturated carbocycles. The van der Waals surface area contributed by atoms with E-state index in [0.29, 0.717) is 11.9 Å². The average molecular weight is 359 g/mol. The van der Waals surface area contributed by atoms with E-state index >= 15 is 0 Å². The third kappa shape index (κ3) is 4.44. The maximum absolute atomic E-state index is 12.5. The van der Waals surface area contributed by atoms with Gasteiger partial charge in [-0.05, 0) is 49.9 Å². The lowest BCUT2D eigenvalue weighted by Gasteiger charge is -2.31. The van der Waals surface area contributed by atoms with Crippen LogP contribution in [0.25, 0.3) is 5.69 Å². The summed E-state index contributed by atoms with van der Waals surface area (Å²) >= 11 is 1.50. The SMILES string of the molecule is COC1CCN(C(=O)CSc2nccn2-c2cc(C)cc(C)c2)CC1. The highest BCUT2D eigenvalue weighted by Crippen LogP contribution is 2.23. The van der Waals surface area contributed by atoms with Gasteiger partial charge in [0.2, 0.25) is 5.91 Å². The molecule has 134 valence electrons. The lowest BCUT2D eigenvalue weighted by Crippen LogP contribution is -2.41. The number of ether oxygens (including phenoxy) is 1. The van der Waals surface area contributed by atoms with Crippen LogP contribution >= 0.6 is 11.8 Å². The summed E-state index contributed by atoms with van der Waals surface area (Å²) < 4.78 is 7.42. The zero-order valence-electron chi connectivity index (χ0n) is 15.1.